The lowest BCUT2D eigenvalue weighted by molar-refractivity contribution is 0.0955. The first-order valence-electron chi connectivity index (χ1n) is 3.87. The minimum absolute atomic E-state index is 0.275. The molecule has 72 valence electrons. The summed E-state index contributed by atoms with van der Waals surface area (Å²) in [6.07, 6.45) is -0.466. The number of aliphatic hydroxyl groups is 2. The van der Waals surface area contributed by atoms with Crippen molar-refractivity contribution in [2.24, 2.45) is 0 Å². The van der Waals surface area contributed by atoms with Gasteiger partial charge in [-0.1, -0.05) is 35.3 Å². The minimum Gasteiger partial charge on any atom is -0.394 e. The molecule has 0 bridgehead atoms. The Kier molecular flexibility index (Phi) is 4.00. The summed E-state index contributed by atoms with van der Waals surface area (Å²) < 4.78 is 0. The summed E-state index contributed by atoms with van der Waals surface area (Å²) >= 11 is 11.6. The van der Waals surface area contributed by atoms with Crippen molar-refractivity contribution >= 4 is 23.2 Å². The first-order valence-corrected chi connectivity index (χ1v) is 4.62. The number of aliphatic hydroxyl groups excluding tert-OH is 2. The van der Waals surface area contributed by atoms with Gasteiger partial charge < -0.3 is 10.2 Å². The molecule has 1 atom stereocenters. The maximum absolute atomic E-state index is 9.17. The third kappa shape index (κ3) is 2.85. The van der Waals surface area contributed by atoms with Crippen molar-refractivity contribution in [2.45, 2.75) is 12.5 Å². The Morgan fingerprint density at radius 3 is 2.62 bits per heavy atom. The molecule has 0 aromatic heterocycles. The van der Waals surface area contributed by atoms with Gasteiger partial charge in [0.1, 0.15) is 0 Å². The summed E-state index contributed by atoms with van der Waals surface area (Å²) in [6, 6.07) is 5.21. The van der Waals surface area contributed by atoms with Crippen LogP contribution in [-0.2, 0) is 6.42 Å². The van der Waals surface area contributed by atoms with Gasteiger partial charge in [-0.3, -0.25) is 0 Å². The average Bonchev–Trinajstić information content (AvgIpc) is 2.13. The summed E-state index contributed by atoms with van der Waals surface area (Å²) in [4.78, 5) is 0. The van der Waals surface area contributed by atoms with E-state index in [0.29, 0.717) is 16.5 Å². The zero-order valence-corrected chi connectivity index (χ0v) is 8.39. The number of benzene rings is 1. The van der Waals surface area contributed by atoms with Crippen molar-refractivity contribution in [3.8, 4) is 0 Å². The lowest BCUT2D eigenvalue weighted by atomic mass is 10.1. The van der Waals surface area contributed by atoms with Crippen LogP contribution in [0.25, 0.3) is 0 Å². The van der Waals surface area contributed by atoms with Crippen molar-refractivity contribution in [1.82, 2.24) is 0 Å². The van der Waals surface area contributed by atoms with Crippen LogP contribution < -0.4 is 0 Å². The fourth-order valence-electron chi connectivity index (χ4n) is 1.02. The second-order valence-corrected chi connectivity index (χ2v) is 3.54. The van der Waals surface area contributed by atoms with E-state index in [1.54, 1.807) is 18.2 Å². The molecule has 1 rings (SSSR count). The van der Waals surface area contributed by atoms with Crippen LogP contribution >= 0.6 is 23.2 Å². The second kappa shape index (κ2) is 4.82. The highest BCUT2D eigenvalue weighted by Gasteiger charge is 2.08. The molecule has 0 fully saturated rings. The van der Waals surface area contributed by atoms with E-state index in [4.69, 9.17) is 28.3 Å². The van der Waals surface area contributed by atoms with Crippen molar-refractivity contribution in [1.29, 1.82) is 0 Å². The van der Waals surface area contributed by atoms with Crippen molar-refractivity contribution in [3.05, 3.63) is 33.8 Å². The Labute approximate surface area is 86.7 Å². The standard InChI is InChI=1S/C9H10Cl2O2/c10-8-3-1-2-6(9(8)11)4-7(13)5-12/h1-3,7,12-13H,4-5H2/t7-/m1/s1. The highest BCUT2D eigenvalue weighted by Crippen LogP contribution is 2.26. The van der Waals surface area contributed by atoms with E-state index in [0.717, 1.165) is 5.56 Å². The van der Waals surface area contributed by atoms with Crippen LogP contribution in [0.4, 0.5) is 0 Å². The minimum atomic E-state index is -0.782. The quantitative estimate of drug-likeness (QED) is 0.818. The molecule has 0 spiro atoms. The predicted molar refractivity (Wildman–Crippen MR) is 53.3 cm³/mol. The monoisotopic (exact) mass is 220 g/mol. The lowest BCUT2D eigenvalue weighted by Gasteiger charge is -2.09. The molecule has 2 nitrogen and oxygen atoms in total. The molecule has 0 amide bonds. The molecular formula is C9H10Cl2O2. The average molecular weight is 221 g/mol. The molecular weight excluding hydrogens is 211 g/mol. The molecule has 0 radical (unpaired) electrons. The van der Waals surface area contributed by atoms with Gasteiger partial charge in [0.15, 0.2) is 0 Å². The van der Waals surface area contributed by atoms with Gasteiger partial charge in [-0.05, 0) is 11.6 Å². The van der Waals surface area contributed by atoms with E-state index < -0.39 is 6.10 Å². The van der Waals surface area contributed by atoms with Gasteiger partial charge in [0.05, 0.1) is 22.8 Å². The van der Waals surface area contributed by atoms with E-state index in [9.17, 15) is 5.11 Å². The molecule has 0 aliphatic carbocycles. The van der Waals surface area contributed by atoms with Gasteiger partial charge in [0.2, 0.25) is 0 Å². The fraction of sp³-hybridized carbons (Fsp3) is 0.333. The molecule has 1 aromatic rings. The van der Waals surface area contributed by atoms with Crippen molar-refractivity contribution in [2.75, 3.05) is 6.61 Å². The SMILES string of the molecule is OC[C@H](O)Cc1cccc(Cl)c1Cl. The molecule has 0 aliphatic rings. The van der Waals surface area contributed by atoms with Gasteiger partial charge in [-0.15, -0.1) is 0 Å². The van der Waals surface area contributed by atoms with E-state index >= 15 is 0 Å². The molecule has 1 aromatic carbocycles. The van der Waals surface area contributed by atoms with Crippen LogP contribution in [0.15, 0.2) is 18.2 Å². The molecule has 2 N–H and O–H groups in total. The van der Waals surface area contributed by atoms with Crippen molar-refractivity contribution in [3.63, 3.8) is 0 Å². The number of rotatable bonds is 3. The summed E-state index contributed by atoms with van der Waals surface area (Å²) in [5.41, 5.74) is 0.746. The van der Waals surface area contributed by atoms with Gasteiger partial charge in [-0.25, -0.2) is 0 Å². The van der Waals surface area contributed by atoms with Gasteiger partial charge in [-0.2, -0.15) is 0 Å². The van der Waals surface area contributed by atoms with E-state index in [2.05, 4.69) is 0 Å². The summed E-state index contributed by atoms with van der Waals surface area (Å²) in [6.45, 7) is -0.275. The van der Waals surface area contributed by atoms with E-state index in [1.807, 2.05) is 0 Å². The Balaban J connectivity index is 2.83. The fourth-order valence-corrected chi connectivity index (χ4v) is 1.42. The Morgan fingerprint density at radius 2 is 2.00 bits per heavy atom. The van der Waals surface area contributed by atoms with Gasteiger partial charge in [0, 0.05) is 6.42 Å². The van der Waals surface area contributed by atoms with Crippen LogP contribution in [0, 0.1) is 0 Å². The zero-order valence-electron chi connectivity index (χ0n) is 6.87. The molecule has 0 saturated carbocycles. The highest BCUT2D eigenvalue weighted by molar-refractivity contribution is 6.42. The van der Waals surface area contributed by atoms with E-state index in [1.165, 1.54) is 0 Å². The van der Waals surface area contributed by atoms with Crippen LogP contribution in [0.1, 0.15) is 5.56 Å². The van der Waals surface area contributed by atoms with Crippen molar-refractivity contribution < 1.29 is 10.2 Å². The predicted octanol–water partition coefficient (Wildman–Crippen LogP) is 1.89. The summed E-state index contributed by atoms with van der Waals surface area (Å²) in [5, 5.41) is 18.7. The topological polar surface area (TPSA) is 40.5 Å². The normalized spacial score (nSPS) is 12.9. The molecule has 4 heteroatoms. The summed E-state index contributed by atoms with van der Waals surface area (Å²) in [7, 11) is 0. The zero-order chi connectivity index (χ0) is 9.84. The third-order valence-electron chi connectivity index (χ3n) is 1.70. The first kappa shape index (κ1) is 10.8. The Morgan fingerprint density at radius 1 is 1.31 bits per heavy atom. The number of halogens is 2. The molecule has 0 unspecified atom stereocenters. The second-order valence-electron chi connectivity index (χ2n) is 2.75. The van der Waals surface area contributed by atoms with Gasteiger partial charge in [0.25, 0.3) is 0 Å². The largest absolute Gasteiger partial charge is 0.394 e. The maximum Gasteiger partial charge on any atom is 0.0811 e. The smallest absolute Gasteiger partial charge is 0.0811 e. The van der Waals surface area contributed by atoms with Gasteiger partial charge >= 0.3 is 0 Å². The number of hydrogen-bond donors (Lipinski definition) is 2. The first-order chi connectivity index (χ1) is 6.15. The molecule has 0 heterocycles. The van der Waals surface area contributed by atoms with Crippen LogP contribution in [0.2, 0.25) is 10.0 Å². The van der Waals surface area contributed by atoms with Crippen LogP contribution in [-0.4, -0.2) is 22.9 Å². The molecule has 13 heavy (non-hydrogen) atoms. The summed E-state index contributed by atoms with van der Waals surface area (Å²) in [5.74, 6) is 0. The van der Waals surface area contributed by atoms with E-state index in [-0.39, 0.29) is 6.61 Å². The lowest BCUT2D eigenvalue weighted by Crippen LogP contribution is -2.15. The molecule has 0 aliphatic heterocycles. The maximum atomic E-state index is 9.17. The Hall–Kier alpha value is -0.280. The van der Waals surface area contributed by atoms with Crippen LogP contribution in [0.5, 0.6) is 0 Å². The number of hydrogen-bond acceptors (Lipinski definition) is 2. The highest BCUT2D eigenvalue weighted by atomic mass is 35.5. The molecule has 0 saturated heterocycles. The third-order valence-corrected chi connectivity index (χ3v) is 2.56. The Bertz CT molecular complexity index is 289. The van der Waals surface area contributed by atoms with Crippen LogP contribution in [0.3, 0.4) is 0 Å².